The van der Waals surface area contributed by atoms with Gasteiger partial charge in [0.15, 0.2) is 11.6 Å². The molecule has 0 aliphatic carbocycles. The molecule has 14 heteroatoms. The average Bonchev–Trinajstić information content (AvgIpc) is 3.78. The maximum Gasteiger partial charge on any atom is 0.319 e. The van der Waals surface area contributed by atoms with E-state index in [0.717, 1.165) is 50.0 Å². The molecule has 3 saturated heterocycles. The zero-order chi connectivity index (χ0) is 33.5. The molecule has 6 heterocycles. The molecule has 0 spiro atoms. The summed E-state index contributed by atoms with van der Waals surface area (Å²) in [4.78, 5) is 13.8. The minimum absolute atomic E-state index is 0.0272. The number of nitriles is 1. The number of nitrogen functional groups attached to an aromatic ring is 1. The number of halogens is 4. The Kier molecular flexibility index (Phi) is 7.84. The molecule has 0 bridgehead atoms. The van der Waals surface area contributed by atoms with Gasteiger partial charge in [-0.1, -0.05) is 36.8 Å². The number of anilines is 2. The predicted molar refractivity (Wildman–Crippen MR) is 182 cm³/mol. The van der Waals surface area contributed by atoms with Gasteiger partial charge >= 0.3 is 6.01 Å². The molecule has 48 heavy (non-hydrogen) atoms. The summed E-state index contributed by atoms with van der Waals surface area (Å²) in [5.74, 6) is -0.296. The van der Waals surface area contributed by atoms with Gasteiger partial charge in [-0.05, 0) is 49.8 Å². The fourth-order valence-corrected chi connectivity index (χ4v) is 9.64. The lowest BCUT2D eigenvalue weighted by molar-refractivity contribution is 0.107. The number of rotatable bonds is 7. The second kappa shape index (κ2) is 11.8. The third-order valence-electron chi connectivity index (χ3n) is 10.6. The van der Waals surface area contributed by atoms with Crippen LogP contribution >= 0.6 is 22.9 Å². The third-order valence-corrected chi connectivity index (χ3v) is 12.0. The first-order valence-electron chi connectivity index (χ1n) is 16.4. The molecule has 4 aromatic rings. The SMILES string of the molecule is [B]C(C)CCC1CC2COc3c(Cl)c(-c4ccc(F)c5sc(N)c(C#N)c45)c(F)c4nc(OC[C@@]56CCCN5C[C@H](F)C6)nc(c34)N2C1. The summed E-state index contributed by atoms with van der Waals surface area (Å²) < 4.78 is 59.5. The summed E-state index contributed by atoms with van der Waals surface area (Å²) in [5.41, 5.74) is 5.73. The van der Waals surface area contributed by atoms with Gasteiger partial charge in [0.25, 0.3) is 0 Å². The summed E-state index contributed by atoms with van der Waals surface area (Å²) in [7, 11) is 6.07. The Balaban J connectivity index is 1.30. The van der Waals surface area contributed by atoms with Crippen LogP contribution in [0, 0.1) is 28.9 Å². The van der Waals surface area contributed by atoms with Crippen LogP contribution in [-0.4, -0.2) is 73.3 Å². The van der Waals surface area contributed by atoms with Crippen LogP contribution < -0.4 is 20.1 Å². The van der Waals surface area contributed by atoms with Crippen molar-refractivity contribution < 1.29 is 22.6 Å². The molecule has 8 rings (SSSR count). The fourth-order valence-electron chi connectivity index (χ4n) is 8.35. The van der Waals surface area contributed by atoms with Crippen molar-refractivity contribution in [3.8, 4) is 29.0 Å². The van der Waals surface area contributed by atoms with Gasteiger partial charge in [-0.2, -0.15) is 15.2 Å². The number of benzene rings is 2. The average molecular weight is 693 g/mol. The Hall–Kier alpha value is -3.47. The van der Waals surface area contributed by atoms with E-state index in [1.54, 1.807) is 0 Å². The lowest BCUT2D eigenvalue weighted by atomic mass is 9.83. The Bertz CT molecular complexity index is 2010. The molecule has 3 unspecified atom stereocenters. The second-order valence-electron chi connectivity index (χ2n) is 13.8. The maximum absolute atomic E-state index is 17.2. The molecule has 4 aliphatic heterocycles. The van der Waals surface area contributed by atoms with E-state index in [2.05, 4.69) is 14.8 Å². The van der Waals surface area contributed by atoms with Gasteiger partial charge in [-0.15, -0.1) is 11.3 Å². The molecule has 2 aromatic carbocycles. The molecule has 2 radical (unpaired) electrons. The van der Waals surface area contributed by atoms with Crippen molar-refractivity contribution in [2.75, 3.05) is 43.5 Å². The summed E-state index contributed by atoms with van der Waals surface area (Å²) in [6, 6.07) is 4.54. The number of ether oxygens (including phenoxy) is 2. The number of fused-ring (bicyclic) bond motifs is 4. The van der Waals surface area contributed by atoms with Crippen molar-refractivity contribution in [2.45, 2.75) is 69.0 Å². The zero-order valence-electron chi connectivity index (χ0n) is 26.4. The number of thiophene rings is 1. The van der Waals surface area contributed by atoms with E-state index in [9.17, 15) is 14.0 Å². The number of aromatic nitrogens is 2. The number of hydrogen-bond donors (Lipinski definition) is 1. The first kappa shape index (κ1) is 31.8. The van der Waals surface area contributed by atoms with E-state index in [4.69, 9.17) is 39.6 Å². The predicted octanol–water partition coefficient (Wildman–Crippen LogP) is 7.20. The normalized spacial score (nSPS) is 25.6. The lowest BCUT2D eigenvalue weighted by Crippen LogP contribution is -2.43. The standard InChI is InChI=1S/C34H33BClF3N6O2S/c1-16(35)3-4-17-9-19-14-46-29-25-28(27(39)24(26(29)36)20-5-6-22(38)30-23(20)21(11-40)31(41)48-30)42-33(43-32(25)45(19)12-17)47-15-34-7-2-8-44(34)13-18(37)10-34/h5-6,16-19H,2-4,7-10,12-15,41H2,1H3/t16?,17?,18-,19?,34+/m1/s1. The van der Waals surface area contributed by atoms with Crippen molar-refractivity contribution in [1.82, 2.24) is 14.9 Å². The van der Waals surface area contributed by atoms with Gasteiger partial charge in [0.1, 0.15) is 47.6 Å². The molecular formula is C34H33BClF3N6O2S. The van der Waals surface area contributed by atoms with Crippen molar-refractivity contribution in [2.24, 2.45) is 5.92 Å². The zero-order valence-corrected chi connectivity index (χ0v) is 27.9. The minimum atomic E-state index is -0.937. The molecule has 0 amide bonds. The van der Waals surface area contributed by atoms with E-state index in [1.807, 2.05) is 13.0 Å². The minimum Gasteiger partial charge on any atom is -0.489 e. The van der Waals surface area contributed by atoms with E-state index in [1.165, 1.54) is 12.1 Å². The van der Waals surface area contributed by atoms with Gasteiger partial charge in [0.2, 0.25) is 0 Å². The van der Waals surface area contributed by atoms with Gasteiger partial charge < -0.3 is 20.1 Å². The Labute approximate surface area is 286 Å². The monoisotopic (exact) mass is 692 g/mol. The maximum atomic E-state index is 17.2. The van der Waals surface area contributed by atoms with Crippen molar-refractivity contribution in [3.63, 3.8) is 0 Å². The summed E-state index contributed by atoms with van der Waals surface area (Å²) in [6.45, 7) is 4.26. The van der Waals surface area contributed by atoms with Crippen molar-refractivity contribution >= 4 is 62.6 Å². The molecule has 8 nitrogen and oxygen atoms in total. The van der Waals surface area contributed by atoms with Crippen LogP contribution in [0.3, 0.4) is 0 Å². The van der Waals surface area contributed by atoms with E-state index in [-0.39, 0.29) is 79.1 Å². The highest BCUT2D eigenvalue weighted by atomic mass is 35.5. The number of alkyl halides is 1. The topological polar surface area (TPSA) is 101 Å². The van der Waals surface area contributed by atoms with E-state index < -0.39 is 23.3 Å². The Morgan fingerprint density at radius 1 is 1.29 bits per heavy atom. The van der Waals surface area contributed by atoms with Crippen LogP contribution in [-0.2, 0) is 0 Å². The van der Waals surface area contributed by atoms with Crippen LogP contribution in [0.5, 0.6) is 11.8 Å². The van der Waals surface area contributed by atoms with Crippen molar-refractivity contribution in [3.05, 3.63) is 34.4 Å². The number of nitrogens with two attached hydrogens (primary N) is 1. The van der Waals surface area contributed by atoms with E-state index in [0.29, 0.717) is 36.6 Å². The largest absolute Gasteiger partial charge is 0.489 e. The lowest BCUT2D eigenvalue weighted by Gasteiger charge is -2.31. The fraction of sp³-hybridized carbons (Fsp3) is 0.500. The first-order chi connectivity index (χ1) is 23.1. The molecule has 248 valence electrons. The smallest absolute Gasteiger partial charge is 0.319 e. The number of hydrogen-bond acceptors (Lipinski definition) is 9. The molecular weight excluding hydrogens is 660 g/mol. The molecule has 2 aromatic heterocycles. The molecule has 0 saturated carbocycles. The quantitative estimate of drug-likeness (QED) is 0.203. The Morgan fingerprint density at radius 2 is 2.12 bits per heavy atom. The van der Waals surface area contributed by atoms with Gasteiger partial charge in [-0.3, -0.25) is 4.90 Å². The van der Waals surface area contributed by atoms with Gasteiger partial charge in [-0.25, -0.2) is 13.2 Å². The summed E-state index contributed by atoms with van der Waals surface area (Å²) in [5, 5.41) is 10.5. The van der Waals surface area contributed by atoms with Crippen LogP contribution in [0.25, 0.3) is 32.1 Å². The van der Waals surface area contributed by atoms with Gasteiger partial charge in [0.05, 0.1) is 40.1 Å². The first-order valence-corrected chi connectivity index (χ1v) is 17.6. The van der Waals surface area contributed by atoms with Crippen molar-refractivity contribution in [1.29, 1.82) is 5.26 Å². The number of nitrogens with zero attached hydrogens (tertiary/aromatic N) is 5. The summed E-state index contributed by atoms with van der Waals surface area (Å²) >= 11 is 7.97. The second-order valence-corrected chi connectivity index (χ2v) is 15.2. The molecule has 3 fully saturated rings. The Morgan fingerprint density at radius 3 is 2.92 bits per heavy atom. The van der Waals surface area contributed by atoms with Crippen LogP contribution in [0.15, 0.2) is 12.1 Å². The van der Waals surface area contributed by atoms with Crippen LogP contribution in [0.4, 0.5) is 24.0 Å². The highest BCUT2D eigenvalue weighted by molar-refractivity contribution is 7.23. The van der Waals surface area contributed by atoms with Crippen LogP contribution in [0.2, 0.25) is 10.8 Å². The molecule has 4 aliphatic rings. The van der Waals surface area contributed by atoms with E-state index >= 15 is 4.39 Å². The molecule has 5 atom stereocenters. The summed E-state index contributed by atoms with van der Waals surface area (Å²) in [6.07, 6.45) is 3.79. The van der Waals surface area contributed by atoms with Crippen LogP contribution in [0.1, 0.15) is 51.0 Å². The highest BCUT2D eigenvalue weighted by Gasteiger charge is 2.49. The highest BCUT2D eigenvalue weighted by Crippen LogP contribution is 2.52. The molecule has 2 N–H and O–H groups in total. The third kappa shape index (κ3) is 4.97. The van der Waals surface area contributed by atoms with Gasteiger partial charge in [0, 0.05) is 30.5 Å².